The van der Waals surface area contributed by atoms with Gasteiger partial charge < -0.3 is 4.90 Å². The summed E-state index contributed by atoms with van der Waals surface area (Å²) in [6.45, 7) is 5.24. The maximum atomic E-state index is 12.5. The molecule has 1 amide bonds. The number of sulfonamides is 1. The molecule has 0 aromatic heterocycles. The molecule has 0 unspecified atom stereocenters. The van der Waals surface area contributed by atoms with Crippen LogP contribution in [0, 0.1) is 11.8 Å². The molecule has 1 aromatic carbocycles. The van der Waals surface area contributed by atoms with Crippen LogP contribution in [-0.4, -0.2) is 27.4 Å². The van der Waals surface area contributed by atoms with Gasteiger partial charge in [-0.1, -0.05) is 20.3 Å². The van der Waals surface area contributed by atoms with Crippen LogP contribution in [0.2, 0.25) is 0 Å². The molecule has 2 aliphatic rings. The number of rotatable bonds is 6. The van der Waals surface area contributed by atoms with Gasteiger partial charge in [-0.15, -0.1) is 0 Å². The van der Waals surface area contributed by atoms with E-state index in [4.69, 9.17) is 0 Å². The maximum absolute atomic E-state index is 12.5. The molecule has 1 aromatic rings. The third-order valence-corrected chi connectivity index (χ3v) is 6.45. The summed E-state index contributed by atoms with van der Waals surface area (Å²) in [6, 6.07) is 5.12. The standard InChI is InChI=1S/C18H26N2O3S/c1-13(2)8-10-19-24(22,23)16-6-7-17-15(12-16)9-11-20(17)18(21)14-4-3-5-14/h6-7,12-14,19H,3-5,8-11H2,1-2H3. The second-order valence-corrected chi connectivity index (χ2v) is 9.01. The molecule has 132 valence electrons. The van der Waals surface area contributed by atoms with Crippen molar-refractivity contribution in [1.82, 2.24) is 4.72 Å². The van der Waals surface area contributed by atoms with E-state index in [0.717, 1.165) is 43.4 Å². The molecule has 3 rings (SSSR count). The Morgan fingerprint density at radius 3 is 2.71 bits per heavy atom. The number of nitrogens with one attached hydrogen (secondary N) is 1. The molecule has 1 N–H and O–H groups in total. The normalized spacial score (nSPS) is 17.9. The van der Waals surface area contributed by atoms with Gasteiger partial charge in [0.2, 0.25) is 15.9 Å². The highest BCUT2D eigenvalue weighted by Crippen LogP contribution is 2.35. The molecule has 1 aliphatic heterocycles. The summed E-state index contributed by atoms with van der Waals surface area (Å²) < 4.78 is 27.5. The summed E-state index contributed by atoms with van der Waals surface area (Å²) in [4.78, 5) is 14.6. The van der Waals surface area contributed by atoms with E-state index in [-0.39, 0.29) is 11.8 Å². The van der Waals surface area contributed by atoms with Crippen LogP contribution in [0.1, 0.15) is 45.1 Å². The Hall–Kier alpha value is -1.40. The minimum absolute atomic E-state index is 0.164. The smallest absolute Gasteiger partial charge is 0.240 e. The Morgan fingerprint density at radius 1 is 1.33 bits per heavy atom. The molecule has 1 aliphatic carbocycles. The van der Waals surface area contributed by atoms with Crippen molar-refractivity contribution in [3.05, 3.63) is 23.8 Å². The van der Waals surface area contributed by atoms with Crippen molar-refractivity contribution in [2.24, 2.45) is 11.8 Å². The summed E-state index contributed by atoms with van der Waals surface area (Å²) in [5.41, 5.74) is 1.84. The van der Waals surface area contributed by atoms with E-state index in [2.05, 4.69) is 18.6 Å². The Morgan fingerprint density at radius 2 is 2.08 bits per heavy atom. The molecule has 6 heteroatoms. The van der Waals surface area contributed by atoms with Gasteiger partial charge in [0.05, 0.1) is 4.90 Å². The van der Waals surface area contributed by atoms with Crippen LogP contribution in [0.25, 0.3) is 0 Å². The molecule has 0 saturated heterocycles. The molecule has 0 spiro atoms. The quantitative estimate of drug-likeness (QED) is 0.858. The van der Waals surface area contributed by atoms with Crippen molar-refractivity contribution in [3.8, 4) is 0 Å². The first-order valence-corrected chi connectivity index (χ1v) is 10.3. The fraction of sp³-hybridized carbons (Fsp3) is 0.611. The number of nitrogens with zero attached hydrogens (tertiary/aromatic N) is 1. The zero-order valence-corrected chi connectivity index (χ0v) is 15.2. The average molecular weight is 350 g/mol. The van der Waals surface area contributed by atoms with Gasteiger partial charge in [0, 0.05) is 24.7 Å². The number of carbonyl (C=O) groups excluding carboxylic acids is 1. The molecule has 1 heterocycles. The van der Waals surface area contributed by atoms with Crippen molar-refractivity contribution in [3.63, 3.8) is 0 Å². The van der Waals surface area contributed by atoms with E-state index in [1.807, 2.05) is 4.90 Å². The summed E-state index contributed by atoms with van der Waals surface area (Å²) in [6.07, 6.45) is 4.64. The Kier molecular flexibility index (Phi) is 4.97. The lowest BCUT2D eigenvalue weighted by molar-refractivity contribution is -0.124. The highest BCUT2D eigenvalue weighted by atomic mass is 32.2. The number of anilines is 1. The topological polar surface area (TPSA) is 66.5 Å². The molecule has 0 radical (unpaired) electrons. The lowest BCUT2D eigenvalue weighted by Crippen LogP contribution is -2.37. The van der Waals surface area contributed by atoms with Crippen LogP contribution in [0.5, 0.6) is 0 Å². The van der Waals surface area contributed by atoms with Gasteiger partial charge in [-0.25, -0.2) is 13.1 Å². The zero-order chi connectivity index (χ0) is 17.3. The minimum atomic E-state index is -3.48. The van der Waals surface area contributed by atoms with Gasteiger partial charge in [0.1, 0.15) is 0 Å². The maximum Gasteiger partial charge on any atom is 0.240 e. The fourth-order valence-corrected chi connectivity index (χ4v) is 4.31. The van der Waals surface area contributed by atoms with Crippen molar-refractivity contribution in [1.29, 1.82) is 0 Å². The van der Waals surface area contributed by atoms with Gasteiger partial charge in [0.25, 0.3) is 0 Å². The van der Waals surface area contributed by atoms with Crippen molar-refractivity contribution >= 4 is 21.6 Å². The first-order valence-electron chi connectivity index (χ1n) is 8.82. The molecular formula is C18H26N2O3S. The summed E-state index contributed by atoms with van der Waals surface area (Å²) >= 11 is 0. The number of hydrogen-bond acceptors (Lipinski definition) is 3. The third kappa shape index (κ3) is 3.49. The monoisotopic (exact) mass is 350 g/mol. The van der Waals surface area contributed by atoms with E-state index in [1.165, 1.54) is 0 Å². The second-order valence-electron chi connectivity index (χ2n) is 7.24. The van der Waals surface area contributed by atoms with Crippen LogP contribution in [-0.2, 0) is 21.2 Å². The van der Waals surface area contributed by atoms with Gasteiger partial charge in [-0.2, -0.15) is 0 Å². The van der Waals surface area contributed by atoms with E-state index >= 15 is 0 Å². The van der Waals surface area contributed by atoms with Crippen LogP contribution in [0.3, 0.4) is 0 Å². The summed E-state index contributed by atoms with van der Waals surface area (Å²) in [5, 5.41) is 0. The Bertz CT molecular complexity index is 724. The van der Waals surface area contributed by atoms with Gasteiger partial charge in [-0.05, 0) is 55.4 Å². The van der Waals surface area contributed by atoms with Gasteiger partial charge >= 0.3 is 0 Å². The predicted octanol–water partition coefficient (Wildman–Crippen LogP) is 2.70. The number of benzene rings is 1. The number of hydrogen-bond donors (Lipinski definition) is 1. The molecule has 1 saturated carbocycles. The molecular weight excluding hydrogens is 324 g/mol. The van der Waals surface area contributed by atoms with Gasteiger partial charge in [-0.3, -0.25) is 4.79 Å². The van der Waals surface area contributed by atoms with E-state index in [0.29, 0.717) is 23.9 Å². The van der Waals surface area contributed by atoms with Crippen molar-refractivity contribution in [2.75, 3.05) is 18.0 Å². The molecule has 1 fully saturated rings. The third-order valence-electron chi connectivity index (χ3n) is 4.99. The summed E-state index contributed by atoms with van der Waals surface area (Å²) in [7, 11) is -3.48. The van der Waals surface area contributed by atoms with Crippen LogP contribution >= 0.6 is 0 Å². The van der Waals surface area contributed by atoms with Crippen LogP contribution < -0.4 is 9.62 Å². The first kappa shape index (κ1) is 17.4. The van der Waals surface area contributed by atoms with Crippen LogP contribution in [0.15, 0.2) is 23.1 Å². The Labute approximate surface area is 144 Å². The molecule has 5 nitrogen and oxygen atoms in total. The van der Waals surface area contributed by atoms with Gasteiger partial charge in [0.15, 0.2) is 0 Å². The van der Waals surface area contributed by atoms with E-state index in [1.54, 1.807) is 18.2 Å². The number of amides is 1. The van der Waals surface area contributed by atoms with Crippen molar-refractivity contribution in [2.45, 2.75) is 50.8 Å². The second kappa shape index (κ2) is 6.84. The van der Waals surface area contributed by atoms with E-state index < -0.39 is 10.0 Å². The minimum Gasteiger partial charge on any atom is -0.312 e. The molecule has 0 bridgehead atoms. The summed E-state index contributed by atoms with van der Waals surface area (Å²) in [5.74, 6) is 0.821. The molecule has 24 heavy (non-hydrogen) atoms. The predicted molar refractivity (Wildman–Crippen MR) is 94.5 cm³/mol. The SMILES string of the molecule is CC(C)CCNS(=O)(=O)c1ccc2c(c1)CCN2C(=O)C1CCC1. The fourth-order valence-electron chi connectivity index (χ4n) is 3.22. The van der Waals surface area contributed by atoms with Crippen LogP contribution in [0.4, 0.5) is 5.69 Å². The largest absolute Gasteiger partial charge is 0.312 e. The lowest BCUT2D eigenvalue weighted by Gasteiger charge is -2.29. The zero-order valence-electron chi connectivity index (χ0n) is 14.4. The molecule has 0 atom stereocenters. The van der Waals surface area contributed by atoms with Crippen molar-refractivity contribution < 1.29 is 13.2 Å². The average Bonchev–Trinajstić information content (AvgIpc) is 2.87. The highest BCUT2D eigenvalue weighted by Gasteiger charge is 2.33. The Balaban J connectivity index is 1.74. The first-order chi connectivity index (χ1) is 11.4. The van der Waals surface area contributed by atoms with E-state index in [9.17, 15) is 13.2 Å². The number of fused-ring (bicyclic) bond motifs is 1. The number of carbonyl (C=O) groups is 1. The highest BCUT2D eigenvalue weighted by molar-refractivity contribution is 7.89. The lowest BCUT2D eigenvalue weighted by atomic mass is 9.84.